The van der Waals surface area contributed by atoms with Gasteiger partial charge >= 0.3 is 6.03 Å². The molecule has 1 saturated heterocycles. The quantitative estimate of drug-likeness (QED) is 0.883. The van der Waals surface area contributed by atoms with Gasteiger partial charge in [0.2, 0.25) is 0 Å². The van der Waals surface area contributed by atoms with E-state index in [4.69, 9.17) is 10.5 Å². The number of piperidine rings is 1. The summed E-state index contributed by atoms with van der Waals surface area (Å²) in [5.74, 6) is 0.0483. The van der Waals surface area contributed by atoms with E-state index in [1.165, 1.54) is 6.07 Å². The molecule has 1 aliphatic rings. The zero-order chi connectivity index (χ0) is 17.6. The highest BCUT2D eigenvalue weighted by Crippen LogP contribution is 2.31. The zero-order valence-corrected chi connectivity index (χ0v) is 14.0. The summed E-state index contributed by atoms with van der Waals surface area (Å²) in [5, 5.41) is 2.87. The largest absolute Gasteiger partial charge is 0.452 e. The second-order valence-corrected chi connectivity index (χ2v) is 6.04. The molecule has 25 heavy (non-hydrogen) atoms. The van der Waals surface area contributed by atoms with Crippen LogP contribution in [0.4, 0.5) is 14.9 Å². The Balaban J connectivity index is 1.76. The number of carbonyl (C=O) groups excluding carboxylic acids is 1. The number of ether oxygens (including phenoxy) is 1. The number of carbonyl (C=O) groups is 1. The van der Waals surface area contributed by atoms with E-state index in [2.05, 4.69) is 5.32 Å². The first-order valence-electron chi connectivity index (χ1n) is 8.48. The van der Waals surface area contributed by atoms with E-state index in [0.717, 1.165) is 19.3 Å². The fourth-order valence-corrected chi connectivity index (χ4v) is 3.00. The third kappa shape index (κ3) is 4.09. The summed E-state index contributed by atoms with van der Waals surface area (Å²) in [6, 6.07) is 13.0. The number of halogens is 1. The van der Waals surface area contributed by atoms with E-state index in [-0.39, 0.29) is 17.8 Å². The summed E-state index contributed by atoms with van der Waals surface area (Å²) in [4.78, 5) is 14.4. The molecule has 1 heterocycles. The highest BCUT2D eigenvalue weighted by atomic mass is 19.1. The van der Waals surface area contributed by atoms with Crippen LogP contribution in [0.25, 0.3) is 0 Å². The number of nitrogens with zero attached hydrogens (tertiary/aromatic N) is 1. The fraction of sp³-hybridized carbons (Fsp3) is 0.316. The van der Waals surface area contributed by atoms with Crippen LogP contribution in [0.1, 0.15) is 19.3 Å². The second kappa shape index (κ2) is 7.98. The lowest BCUT2D eigenvalue weighted by molar-refractivity contribution is 0.166. The van der Waals surface area contributed by atoms with Crippen molar-refractivity contribution < 1.29 is 13.9 Å². The highest BCUT2D eigenvalue weighted by Gasteiger charge is 2.26. The lowest BCUT2D eigenvalue weighted by Crippen LogP contribution is -2.49. The summed E-state index contributed by atoms with van der Waals surface area (Å²) in [5.41, 5.74) is 6.28. The van der Waals surface area contributed by atoms with Gasteiger partial charge < -0.3 is 20.7 Å². The zero-order valence-electron chi connectivity index (χ0n) is 14.0. The Hall–Kier alpha value is -2.60. The molecule has 1 atom stereocenters. The first-order chi connectivity index (χ1) is 12.2. The van der Waals surface area contributed by atoms with E-state index in [0.29, 0.717) is 24.5 Å². The maximum absolute atomic E-state index is 13.8. The van der Waals surface area contributed by atoms with Crippen molar-refractivity contribution in [3.8, 4) is 11.5 Å². The molecule has 5 nitrogen and oxygen atoms in total. The van der Waals surface area contributed by atoms with Crippen molar-refractivity contribution in [1.82, 2.24) is 4.90 Å². The molecule has 1 unspecified atom stereocenters. The van der Waals surface area contributed by atoms with Crippen LogP contribution in [0.15, 0.2) is 48.5 Å². The summed E-state index contributed by atoms with van der Waals surface area (Å²) in [7, 11) is 0. The van der Waals surface area contributed by atoms with Gasteiger partial charge in [0.15, 0.2) is 17.3 Å². The number of anilines is 1. The summed E-state index contributed by atoms with van der Waals surface area (Å²) >= 11 is 0. The Kier molecular flexibility index (Phi) is 5.50. The van der Waals surface area contributed by atoms with Gasteiger partial charge in [-0.15, -0.1) is 0 Å². The van der Waals surface area contributed by atoms with Gasteiger partial charge in [-0.05, 0) is 43.5 Å². The minimum Gasteiger partial charge on any atom is -0.452 e. The van der Waals surface area contributed by atoms with Gasteiger partial charge in [-0.2, -0.15) is 0 Å². The third-order valence-corrected chi connectivity index (χ3v) is 4.35. The van der Waals surface area contributed by atoms with Gasteiger partial charge in [-0.3, -0.25) is 0 Å². The topological polar surface area (TPSA) is 67.6 Å². The number of likely N-dealkylation sites (tertiary alicyclic amines) is 1. The highest BCUT2D eigenvalue weighted by molar-refractivity contribution is 5.91. The molecule has 0 saturated carbocycles. The lowest BCUT2D eigenvalue weighted by atomic mass is 10.0. The number of hydrogen-bond acceptors (Lipinski definition) is 3. The Bertz CT molecular complexity index is 738. The number of amides is 2. The molecule has 2 aromatic rings. The number of para-hydroxylation sites is 3. The van der Waals surface area contributed by atoms with Crippen molar-refractivity contribution in [3.05, 3.63) is 54.3 Å². The van der Waals surface area contributed by atoms with Crippen LogP contribution in [-0.4, -0.2) is 30.1 Å². The molecule has 0 spiro atoms. The van der Waals surface area contributed by atoms with Crippen LogP contribution in [0.5, 0.6) is 11.5 Å². The van der Waals surface area contributed by atoms with Gasteiger partial charge in [-0.1, -0.05) is 24.3 Å². The van der Waals surface area contributed by atoms with E-state index in [1.54, 1.807) is 47.4 Å². The molecular formula is C19H22FN3O2. The van der Waals surface area contributed by atoms with Crippen LogP contribution in [0.3, 0.4) is 0 Å². The Morgan fingerprint density at radius 2 is 1.88 bits per heavy atom. The normalized spacial score (nSPS) is 17.2. The number of nitrogens with two attached hydrogens (primary N) is 1. The van der Waals surface area contributed by atoms with Gasteiger partial charge in [0.05, 0.1) is 5.69 Å². The maximum atomic E-state index is 13.8. The van der Waals surface area contributed by atoms with Crippen molar-refractivity contribution in [2.75, 3.05) is 18.4 Å². The average molecular weight is 343 g/mol. The van der Waals surface area contributed by atoms with E-state index >= 15 is 0 Å². The van der Waals surface area contributed by atoms with Crippen molar-refractivity contribution in [2.45, 2.75) is 25.3 Å². The minimum atomic E-state index is -0.456. The molecule has 0 bridgehead atoms. The van der Waals surface area contributed by atoms with E-state index in [9.17, 15) is 9.18 Å². The first-order valence-corrected chi connectivity index (χ1v) is 8.48. The molecule has 2 amide bonds. The molecule has 132 valence electrons. The monoisotopic (exact) mass is 343 g/mol. The smallest absolute Gasteiger partial charge is 0.322 e. The van der Waals surface area contributed by atoms with Gasteiger partial charge in [0.1, 0.15) is 0 Å². The number of benzene rings is 2. The first kappa shape index (κ1) is 17.2. The molecule has 3 N–H and O–H groups in total. The van der Waals surface area contributed by atoms with Gasteiger partial charge in [-0.25, -0.2) is 9.18 Å². The number of hydrogen-bond donors (Lipinski definition) is 2. The van der Waals surface area contributed by atoms with Crippen molar-refractivity contribution in [2.24, 2.45) is 5.73 Å². The van der Waals surface area contributed by atoms with Crippen LogP contribution >= 0.6 is 0 Å². The molecule has 2 aromatic carbocycles. The SMILES string of the molecule is NCC1CCCCN1C(=O)Nc1ccccc1Oc1ccccc1F. The Morgan fingerprint density at radius 1 is 1.16 bits per heavy atom. The number of urea groups is 1. The van der Waals surface area contributed by atoms with Gasteiger partial charge in [0, 0.05) is 19.1 Å². The minimum absolute atomic E-state index is 0.0494. The molecule has 0 radical (unpaired) electrons. The lowest BCUT2D eigenvalue weighted by Gasteiger charge is -2.35. The summed E-state index contributed by atoms with van der Waals surface area (Å²) < 4.78 is 19.5. The van der Waals surface area contributed by atoms with Crippen LogP contribution < -0.4 is 15.8 Å². The fourth-order valence-electron chi connectivity index (χ4n) is 3.00. The van der Waals surface area contributed by atoms with Crippen molar-refractivity contribution >= 4 is 11.7 Å². The standard InChI is InChI=1S/C19H22FN3O2/c20-15-8-1-3-10-17(15)25-18-11-4-2-9-16(18)22-19(24)23-12-6-5-7-14(23)13-21/h1-4,8-11,14H,5-7,12-13,21H2,(H,22,24). The molecule has 1 aliphatic heterocycles. The maximum Gasteiger partial charge on any atom is 0.322 e. The van der Waals surface area contributed by atoms with E-state index < -0.39 is 5.82 Å². The summed E-state index contributed by atoms with van der Waals surface area (Å²) in [6.07, 6.45) is 2.97. The van der Waals surface area contributed by atoms with Crippen molar-refractivity contribution in [3.63, 3.8) is 0 Å². The second-order valence-electron chi connectivity index (χ2n) is 6.04. The Morgan fingerprint density at radius 3 is 2.64 bits per heavy atom. The molecule has 0 aromatic heterocycles. The molecule has 0 aliphatic carbocycles. The van der Waals surface area contributed by atoms with E-state index in [1.807, 2.05) is 0 Å². The molecular weight excluding hydrogens is 321 g/mol. The molecule has 6 heteroatoms. The predicted molar refractivity (Wildman–Crippen MR) is 95.3 cm³/mol. The van der Waals surface area contributed by atoms with Crippen LogP contribution in [-0.2, 0) is 0 Å². The molecule has 1 fully saturated rings. The molecule has 3 rings (SSSR count). The van der Waals surface area contributed by atoms with Crippen molar-refractivity contribution in [1.29, 1.82) is 0 Å². The van der Waals surface area contributed by atoms with Gasteiger partial charge in [0.25, 0.3) is 0 Å². The number of nitrogens with one attached hydrogen (secondary N) is 1. The summed E-state index contributed by atoms with van der Waals surface area (Å²) in [6.45, 7) is 1.13. The van der Waals surface area contributed by atoms with Crippen LogP contribution in [0.2, 0.25) is 0 Å². The average Bonchev–Trinajstić information content (AvgIpc) is 2.65. The number of rotatable bonds is 4. The third-order valence-electron chi connectivity index (χ3n) is 4.35. The van der Waals surface area contributed by atoms with Crippen LogP contribution in [0, 0.1) is 5.82 Å². The Labute approximate surface area is 146 Å². The predicted octanol–water partition coefficient (Wildman–Crippen LogP) is 3.96.